The third-order valence-electron chi connectivity index (χ3n) is 4.86. The third-order valence-corrected chi connectivity index (χ3v) is 5.77. The second kappa shape index (κ2) is 6.53. The molecule has 30 heavy (non-hydrogen) atoms. The number of hydrogen-bond donors (Lipinski definition) is 2. The van der Waals surface area contributed by atoms with Crippen LogP contribution in [0.1, 0.15) is 0 Å². The van der Waals surface area contributed by atoms with Crippen molar-refractivity contribution in [1.82, 2.24) is 35.1 Å². The molecule has 0 unspecified atom stereocenters. The lowest BCUT2D eigenvalue weighted by atomic mass is 10.1. The fraction of sp³-hybridized carbons (Fsp3) is 0. The molecule has 0 radical (unpaired) electrons. The number of aromatic amines is 2. The van der Waals surface area contributed by atoms with Gasteiger partial charge >= 0.3 is 0 Å². The molecule has 0 aliphatic rings. The van der Waals surface area contributed by atoms with Crippen molar-refractivity contribution in [3.8, 4) is 33.1 Å². The largest absolute Gasteiger partial charge is 0.321 e. The number of rotatable bonds is 3. The molecule has 0 bridgehead atoms. The maximum atomic E-state index is 13.5. The number of hydrogen-bond acceptors (Lipinski definition) is 6. The van der Waals surface area contributed by atoms with Crippen LogP contribution in [0.15, 0.2) is 61.2 Å². The number of imidazole rings is 1. The summed E-state index contributed by atoms with van der Waals surface area (Å²) < 4.78 is 13.5. The van der Waals surface area contributed by atoms with Gasteiger partial charge < -0.3 is 4.98 Å². The minimum atomic E-state index is -0.238. The van der Waals surface area contributed by atoms with Crippen LogP contribution in [0.25, 0.3) is 55.3 Å². The van der Waals surface area contributed by atoms with Gasteiger partial charge in [0.2, 0.25) is 0 Å². The molecule has 0 fully saturated rings. The van der Waals surface area contributed by atoms with Crippen molar-refractivity contribution in [2.45, 2.75) is 0 Å². The predicted octanol–water partition coefficient (Wildman–Crippen LogP) is 4.83. The first-order valence-electron chi connectivity index (χ1n) is 9.11. The Morgan fingerprint density at radius 3 is 2.73 bits per heavy atom. The van der Waals surface area contributed by atoms with Gasteiger partial charge in [-0.2, -0.15) is 9.49 Å². The smallest absolute Gasteiger partial charge is 0.176 e. The van der Waals surface area contributed by atoms with E-state index in [1.165, 1.54) is 6.07 Å². The molecule has 6 heterocycles. The molecule has 0 spiro atoms. The van der Waals surface area contributed by atoms with E-state index in [1.54, 1.807) is 30.9 Å². The third kappa shape index (κ3) is 2.67. The topological polar surface area (TPSA) is 96.0 Å². The number of pyridine rings is 3. The van der Waals surface area contributed by atoms with E-state index < -0.39 is 0 Å². The molecule has 0 aliphatic heterocycles. The average molecular weight is 413 g/mol. The van der Waals surface area contributed by atoms with Crippen LogP contribution in [-0.2, 0) is 0 Å². The highest BCUT2D eigenvalue weighted by Crippen LogP contribution is 2.34. The molecule has 0 aliphatic carbocycles. The van der Waals surface area contributed by atoms with Gasteiger partial charge in [0.05, 0.1) is 5.39 Å². The fourth-order valence-electron chi connectivity index (χ4n) is 3.46. The molecule has 6 rings (SSSR count). The Morgan fingerprint density at radius 1 is 0.933 bits per heavy atom. The van der Waals surface area contributed by atoms with Crippen LogP contribution >= 0.6 is 11.3 Å². The Labute approximate surface area is 172 Å². The maximum absolute atomic E-state index is 13.5. The highest BCUT2D eigenvalue weighted by molar-refractivity contribution is 7.14. The number of aromatic nitrogens is 7. The van der Waals surface area contributed by atoms with Crippen LogP contribution in [0.4, 0.5) is 4.39 Å². The minimum Gasteiger partial charge on any atom is -0.321 e. The summed E-state index contributed by atoms with van der Waals surface area (Å²) in [7, 11) is 0. The summed E-state index contributed by atoms with van der Waals surface area (Å²) >= 11 is 1.08. The van der Waals surface area contributed by atoms with E-state index in [0.29, 0.717) is 28.3 Å². The first kappa shape index (κ1) is 16.9. The Bertz CT molecular complexity index is 1520. The highest BCUT2D eigenvalue weighted by atomic mass is 32.1. The zero-order valence-corrected chi connectivity index (χ0v) is 16.1. The quantitative estimate of drug-likeness (QED) is 0.433. The first-order valence-corrected chi connectivity index (χ1v) is 9.93. The Hall–Kier alpha value is -3.98. The first-order chi connectivity index (χ1) is 14.8. The summed E-state index contributed by atoms with van der Waals surface area (Å²) in [6.45, 7) is 0. The molecular weight excluding hydrogens is 401 g/mol. The number of halogens is 1. The van der Waals surface area contributed by atoms with Gasteiger partial charge in [0.1, 0.15) is 11.2 Å². The van der Waals surface area contributed by atoms with Crippen LogP contribution in [0, 0.1) is 5.13 Å². The average Bonchev–Trinajstić information content (AvgIpc) is 3.51. The van der Waals surface area contributed by atoms with Crippen LogP contribution in [0.2, 0.25) is 0 Å². The molecule has 6 aromatic heterocycles. The lowest BCUT2D eigenvalue weighted by Crippen LogP contribution is -1.84. The van der Waals surface area contributed by atoms with Crippen LogP contribution in [0.3, 0.4) is 0 Å². The molecule has 144 valence electrons. The van der Waals surface area contributed by atoms with Gasteiger partial charge in [-0.3, -0.25) is 10.1 Å². The van der Waals surface area contributed by atoms with Crippen molar-refractivity contribution in [1.29, 1.82) is 0 Å². The van der Waals surface area contributed by atoms with Gasteiger partial charge in [-0.05, 0) is 30.3 Å². The second-order valence-corrected chi connectivity index (χ2v) is 7.71. The standard InChI is InChI=1S/C21H12FN7S/c22-16-4-3-15(30-16)13-5-7-24-20-17(13)26-21(27-20)18-14-8-12(10-25-19(14)29-28-18)11-2-1-6-23-9-11/h1-10H,(H,24,26,27)(H,25,28,29). The summed E-state index contributed by atoms with van der Waals surface area (Å²) in [6.07, 6.45) is 6.99. The number of H-pyrrole nitrogens is 2. The van der Waals surface area contributed by atoms with Crippen LogP contribution in [0.5, 0.6) is 0 Å². The van der Waals surface area contributed by atoms with E-state index in [-0.39, 0.29) is 5.13 Å². The van der Waals surface area contributed by atoms with E-state index in [4.69, 9.17) is 4.98 Å². The highest BCUT2D eigenvalue weighted by Gasteiger charge is 2.17. The van der Waals surface area contributed by atoms with Crippen molar-refractivity contribution in [2.75, 3.05) is 0 Å². The van der Waals surface area contributed by atoms with E-state index in [9.17, 15) is 4.39 Å². The van der Waals surface area contributed by atoms with E-state index >= 15 is 0 Å². The van der Waals surface area contributed by atoms with Gasteiger partial charge in [-0.1, -0.05) is 6.07 Å². The van der Waals surface area contributed by atoms with Gasteiger partial charge in [0.15, 0.2) is 22.2 Å². The summed E-state index contributed by atoms with van der Waals surface area (Å²) in [4.78, 5) is 21.8. The SMILES string of the molecule is Fc1ccc(-c2ccnc3[nH]c(-c4n[nH]c5ncc(-c6cccnc6)cc45)nc23)s1. The van der Waals surface area contributed by atoms with E-state index in [2.05, 4.69) is 30.1 Å². The van der Waals surface area contributed by atoms with Crippen molar-refractivity contribution in [2.24, 2.45) is 0 Å². The molecule has 0 saturated carbocycles. The maximum Gasteiger partial charge on any atom is 0.176 e. The Balaban J connectivity index is 1.52. The van der Waals surface area contributed by atoms with Gasteiger partial charge in [0.25, 0.3) is 0 Å². The van der Waals surface area contributed by atoms with Crippen molar-refractivity contribution in [3.05, 3.63) is 66.3 Å². The lowest BCUT2D eigenvalue weighted by molar-refractivity contribution is 0.657. The predicted molar refractivity (Wildman–Crippen MR) is 113 cm³/mol. The molecule has 0 amide bonds. The summed E-state index contributed by atoms with van der Waals surface area (Å²) in [5.74, 6) is 0.568. The zero-order valence-electron chi connectivity index (χ0n) is 15.3. The number of nitrogens with zero attached hydrogens (tertiary/aromatic N) is 5. The molecule has 0 saturated heterocycles. The number of fused-ring (bicyclic) bond motifs is 2. The zero-order chi connectivity index (χ0) is 20.1. The van der Waals surface area contributed by atoms with E-state index in [1.807, 2.05) is 24.3 Å². The number of thiophene rings is 1. The lowest BCUT2D eigenvalue weighted by Gasteiger charge is -2.00. The summed E-state index contributed by atoms with van der Waals surface area (Å²) in [6, 6.07) is 10.9. The Morgan fingerprint density at radius 2 is 1.90 bits per heavy atom. The molecular formula is C21H12FN7S. The second-order valence-electron chi connectivity index (χ2n) is 6.68. The molecule has 6 aromatic rings. The Kier molecular flexibility index (Phi) is 3.68. The normalized spacial score (nSPS) is 11.5. The van der Waals surface area contributed by atoms with Crippen molar-refractivity contribution >= 4 is 33.5 Å². The summed E-state index contributed by atoms with van der Waals surface area (Å²) in [5.41, 5.74) is 5.31. The van der Waals surface area contributed by atoms with Crippen LogP contribution < -0.4 is 0 Å². The molecule has 0 atom stereocenters. The van der Waals surface area contributed by atoms with Crippen molar-refractivity contribution in [3.63, 3.8) is 0 Å². The number of nitrogens with one attached hydrogen (secondary N) is 2. The van der Waals surface area contributed by atoms with Gasteiger partial charge in [0, 0.05) is 46.4 Å². The minimum absolute atomic E-state index is 0.238. The summed E-state index contributed by atoms with van der Waals surface area (Å²) in [5, 5.41) is 7.97. The molecule has 7 nitrogen and oxygen atoms in total. The molecule has 2 N–H and O–H groups in total. The van der Waals surface area contributed by atoms with Crippen LogP contribution in [-0.4, -0.2) is 35.1 Å². The fourth-order valence-corrected chi connectivity index (χ4v) is 4.21. The van der Waals surface area contributed by atoms with E-state index in [0.717, 1.165) is 38.3 Å². The van der Waals surface area contributed by atoms with Gasteiger partial charge in [-0.15, -0.1) is 11.3 Å². The molecule has 0 aromatic carbocycles. The van der Waals surface area contributed by atoms with Gasteiger partial charge in [-0.25, -0.2) is 15.0 Å². The monoisotopic (exact) mass is 413 g/mol. The molecule has 9 heteroatoms. The van der Waals surface area contributed by atoms with Crippen molar-refractivity contribution < 1.29 is 4.39 Å².